The fourth-order valence-corrected chi connectivity index (χ4v) is 3.31. The molecule has 0 aliphatic carbocycles. The molecule has 1 amide bonds. The van der Waals surface area contributed by atoms with E-state index in [0.717, 1.165) is 12.8 Å². The smallest absolute Gasteiger partial charge is 0.255 e. The fraction of sp³-hybridized carbons (Fsp3) is 0.412. The van der Waals surface area contributed by atoms with E-state index in [4.69, 9.17) is 5.73 Å². The van der Waals surface area contributed by atoms with E-state index in [1.807, 2.05) is 0 Å². The number of nitrogens with one attached hydrogen (secondary N) is 1. The third-order valence-corrected chi connectivity index (χ3v) is 4.55. The lowest BCUT2D eigenvalue weighted by Crippen LogP contribution is -2.49. The van der Waals surface area contributed by atoms with Gasteiger partial charge in [-0.15, -0.1) is 0 Å². The minimum atomic E-state index is -0.454. The number of aromatic amines is 1. The maximum absolute atomic E-state index is 13.4. The maximum Gasteiger partial charge on any atom is 0.255 e. The molecule has 2 aromatic rings. The Morgan fingerprint density at radius 3 is 2.96 bits per heavy atom. The molecule has 1 aromatic carbocycles. The second-order valence-electron chi connectivity index (χ2n) is 6.25. The van der Waals surface area contributed by atoms with Gasteiger partial charge < -0.3 is 15.6 Å². The second kappa shape index (κ2) is 6.12. The molecule has 1 aliphatic rings. The molecule has 122 valence electrons. The van der Waals surface area contributed by atoms with Crippen molar-refractivity contribution in [3.63, 3.8) is 0 Å². The highest BCUT2D eigenvalue weighted by Gasteiger charge is 2.30. The monoisotopic (exact) mass is 317 g/mol. The van der Waals surface area contributed by atoms with E-state index in [9.17, 15) is 14.0 Å². The molecule has 23 heavy (non-hydrogen) atoms. The van der Waals surface area contributed by atoms with Crippen LogP contribution in [0.1, 0.15) is 30.1 Å². The number of H-pyrrole nitrogens is 1. The van der Waals surface area contributed by atoms with E-state index in [-0.39, 0.29) is 11.9 Å². The topological polar surface area (TPSA) is 79.2 Å². The molecule has 1 fully saturated rings. The number of hydrogen-bond acceptors (Lipinski definition) is 3. The zero-order valence-electron chi connectivity index (χ0n) is 13.0. The number of likely N-dealkylation sites (tertiary alicyclic amines) is 1. The predicted molar refractivity (Wildman–Crippen MR) is 86.8 cm³/mol. The number of hydrogen-bond donors (Lipinski definition) is 2. The van der Waals surface area contributed by atoms with Crippen molar-refractivity contribution in [3.8, 4) is 0 Å². The number of fused-ring (bicyclic) bond motifs is 1. The van der Waals surface area contributed by atoms with Gasteiger partial charge in [0.1, 0.15) is 5.82 Å². The number of benzene rings is 1. The first kappa shape index (κ1) is 15.7. The van der Waals surface area contributed by atoms with Gasteiger partial charge in [0.2, 0.25) is 5.56 Å². The molecular weight excluding hydrogens is 297 g/mol. The molecule has 3 N–H and O–H groups in total. The van der Waals surface area contributed by atoms with Gasteiger partial charge in [-0.25, -0.2) is 4.39 Å². The summed E-state index contributed by atoms with van der Waals surface area (Å²) in [6.07, 6.45) is 1.77. The molecule has 2 unspecified atom stereocenters. The number of nitrogens with zero attached hydrogens (tertiary/aromatic N) is 1. The van der Waals surface area contributed by atoms with Gasteiger partial charge in [-0.2, -0.15) is 0 Å². The van der Waals surface area contributed by atoms with Crippen LogP contribution in [0, 0.1) is 11.7 Å². The number of carbonyl (C=O) groups is 1. The van der Waals surface area contributed by atoms with E-state index in [1.165, 1.54) is 24.3 Å². The Hall–Kier alpha value is -2.21. The van der Waals surface area contributed by atoms with Gasteiger partial charge in [0, 0.05) is 30.6 Å². The zero-order valence-corrected chi connectivity index (χ0v) is 13.0. The summed E-state index contributed by atoms with van der Waals surface area (Å²) in [5.74, 6) is -0.142. The van der Waals surface area contributed by atoms with Crippen LogP contribution in [0.5, 0.6) is 0 Å². The zero-order chi connectivity index (χ0) is 16.6. The maximum atomic E-state index is 13.4. The molecule has 1 saturated heterocycles. The lowest BCUT2D eigenvalue weighted by molar-refractivity contribution is 0.0575. The molecule has 1 aliphatic heterocycles. The molecule has 0 saturated carbocycles. The van der Waals surface area contributed by atoms with E-state index in [1.54, 1.807) is 4.90 Å². The van der Waals surface area contributed by atoms with Crippen LogP contribution < -0.4 is 11.3 Å². The summed E-state index contributed by atoms with van der Waals surface area (Å²) in [5, 5.41) is 0.547. The van der Waals surface area contributed by atoms with Crippen LogP contribution in [0.4, 0.5) is 4.39 Å². The molecule has 0 spiro atoms. The number of carbonyl (C=O) groups excluding carboxylic acids is 1. The van der Waals surface area contributed by atoms with Crippen molar-refractivity contribution in [3.05, 3.63) is 46.0 Å². The Morgan fingerprint density at radius 1 is 1.43 bits per heavy atom. The number of nitrogens with two attached hydrogens (primary N) is 1. The number of rotatable bonds is 2. The molecule has 2 heterocycles. The van der Waals surface area contributed by atoms with Crippen molar-refractivity contribution in [1.82, 2.24) is 9.88 Å². The van der Waals surface area contributed by atoms with Crippen molar-refractivity contribution < 1.29 is 9.18 Å². The minimum Gasteiger partial charge on any atom is -0.334 e. The first-order chi connectivity index (χ1) is 11.0. The van der Waals surface area contributed by atoms with Crippen LogP contribution in [0.3, 0.4) is 0 Å². The molecule has 0 radical (unpaired) electrons. The quantitative estimate of drug-likeness (QED) is 0.887. The summed E-state index contributed by atoms with van der Waals surface area (Å²) >= 11 is 0. The molecule has 2 atom stereocenters. The standard InChI is InChI=1S/C17H20FN3O2/c1-10-4-5-21(12(6-10)9-19)17(23)14-8-16(22)20-15-7-11(18)2-3-13(14)15/h2-3,7-8,10,12H,4-6,9,19H2,1H3,(H,20,22). The van der Waals surface area contributed by atoms with Crippen molar-refractivity contribution in [2.24, 2.45) is 11.7 Å². The van der Waals surface area contributed by atoms with Gasteiger partial charge in [0.25, 0.3) is 5.91 Å². The second-order valence-corrected chi connectivity index (χ2v) is 6.25. The Morgan fingerprint density at radius 2 is 2.22 bits per heavy atom. The van der Waals surface area contributed by atoms with E-state index in [0.29, 0.717) is 35.5 Å². The Labute approximate surface area is 133 Å². The number of aromatic nitrogens is 1. The first-order valence-electron chi connectivity index (χ1n) is 7.83. The highest BCUT2D eigenvalue weighted by atomic mass is 19.1. The van der Waals surface area contributed by atoms with Gasteiger partial charge >= 0.3 is 0 Å². The summed E-state index contributed by atoms with van der Waals surface area (Å²) in [6.45, 7) is 3.17. The lowest BCUT2D eigenvalue weighted by atomic mass is 9.91. The van der Waals surface area contributed by atoms with E-state index >= 15 is 0 Å². The molecular formula is C17H20FN3O2. The summed E-state index contributed by atoms with van der Waals surface area (Å²) in [7, 11) is 0. The summed E-state index contributed by atoms with van der Waals surface area (Å²) in [5.41, 5.74) is 6.04. The molecule has 1 aromatic heterocycles. The third kappa shape index (κ3) is 2.99. The number of pyridine rings is 1. The van der Waals surface area contributed by atoms with Crippen molar-refractivity contribution in [2.45, 2.75) is 25.8 Å². The Kier molecular flexibility index (Phi) is 4.17. The van der Waals surface area contributed by atoms with Gasteiger partial charge in [0.15, 0.2) is 0 Å². The van der Waals surface area contributed by atoms with Gasteiger partial charge in [0.05, 0.1) is 11.1 Å². The van der Waals surface area contributed by atoms with Crippen LogP contribution in [-0.4, -0.2) is 34.9 Å². The number of piperidine rings is 1. The van der Waals surface area contributed by atoms with Crippen LogP contribution in [0.15, 0.2) is 29.1 Å². The Bertz CT molecular complexity index is 802. The predicted octanol–water partition coefficient (Wildman–Crippen LogP) is 1.87. The summed E-state index contributed by atoms with van der Waals surface area (Å²) in [6, 6.07) is 5.30. The highest BCUT2D eigenvalue weighted by Crippen LogP contribution is 2.25. The van der Waals surface area contributed by atoms with Crippen molar-refractivity contribution >= 4 is 16.8 Å². The minimum absolute atomic E-state index is 0.0268. The van der Waals surface area contributed by atoms with Gasteiger partial charge in [-0.1, -0.05) is 6.92 Å². The molecule has 5 nitrogen and oxygen atoms in total. The number of halogens is 1. The van der Waals surface area contributed by atoms with Crippen LogP contribution in [0.2, 0.25) is 0 Å². The van der Waals surface area contributed by atoms with Crippen molar-refractivity contribution in [1.29, 1.82) is 0 Å². The van der Waals surface area contributed by atoms with Gasteiger partial charge in [-0.3, -0.25) is 9.59 Å². The van der Waals surface area contributed by atoms with Crippen molar-refractivity contribution in [2.75, 3.05) is 13.1 Å². The van der Waals surface area contributed by atoms with E-state index < -0.39 is 11.4 Å². The lowest BCUT2D eigenvalue weighted by Gasteiger charge is -2.38. The van der Waals surface area contributed by atoms with E-state index in [2.05, 4.69) is 11.9 Å². The molecule has 0 bridgehead atoms. The average molecular weight is 317 g/mol. The highest BCUT2D eigenvalue weighted by molar-refractivity contribution is 6.06. The third-order valence-electron chi connectivity index (χ3n) is 4.55. The molecule has 3 rings (SSSR count). The average Bonchev–Trinajstić information content (AvgIpc) is 2.52. The van der Waals surface area contributed by atoms with Crippen LogP contribution in [0.25, 0.3) is 10.9 Å². The SMILES string of the molecule is CC1CCN(C(=O)c2cc(=O)[nH]c3cc(F)ccc23)C(CN)C1. The van der Waals surface area contributed by atoms with Crippen LogP contribution >= 0.6 is 0 Å². The first-order valence-corrected chi connectivity index (χ1v) is 7.83. The molecule has 6 heteroatoms. The normalized spacial score (nSPS) is 21.6. The number of amides is 1. The Balaban J connectivity index is 2.05. The fourth-order valence-electron chi connectivity index (χ4n) is 3.31. The van der Waals surface area contributed by atoms with Crippen LogP contribution in [-0.2, 0) is 0 Å². The summed E-state index contributed by atoms with van der Waals surface area (Å²) in [4.78, 5) is 29.1. The largest absolute Gasteiger partial charge is 0.334 e. The van der Waals surface area contributed by atoms with Gasteiger partial charge in [-0.05, 0) is 37.0 Å². The summed E-state index contributed by atoms with van der Waals surface area (Å²) < 4.78 is 13.4.